The smallest absolute Gasteiger partial charge is 0.290 e. The van der Waals surface area contributed by atoms with E-state index in [1.165, 1.54) is 9.87 Å². The van der Waals surface area contributed by atoms with Crippen molar-refractivity contribution in [1.82, 2.24) is 15.2 Å². The monoisotopic (exact) mass is 620 g/mol. The molecule has 1 aromatic heterocycles. The van der Waals surface area contributed by atoms with Gasteiger partial charge in [0.1, 0.15) is 0 Å². The number of aryl methyl sites for hydroxylation is 3. The zero-order valence-electron chi connectivity index (χ0n) is 25.2. The van der Waals surface area contributed by atoms with Gasteiger partial charge in [0.2, 0.25) is 10.0 Å². The molecule has 234 valence electrons. The fourth-order valence-electron chi connectivity index (χ4n) is 5.53. The number of hydrogen-bond acceptors (Lipinski definition) is 6. The van der Waals surface area contributed by atoms with E-state index in [4.69, 9.17) is 9.90 Å². The van der Waals surface area contributed by atoms with Gasteiger partial charge in [-0.15, -0.1) is 0 Å². The van der Waals surface area contributed by atoms with Crippen LogP contribution in [0.5, 0.6) is 0 Å². The molecule has 0 radical (unpaired) electrons. The molecule has 0 spiro atoms. The molecule has 3 aromatic carbocycles. The maximum absolute atomic E-state index is 13.8. The van der Waals surface area contributed by atoms with Crippen molar-refractivity contribution in [3.8, 4) is 0 Å². The van der Waals surface area contributed by atoms with Gasteiger partial charge in [0.15, 0.2) is 0 Å². The summed E-state index contributed by atoms with van der Waals surface area (Å²) in [6.07, 6.45) is 2.34. The minimum Gasteiger partial charge on any atom is -0.483 e. The summed E-state index contributed by atoms with van der Waals surface area (Å²) in [5.41, 5.74) is 6.05. The lowest BCUT2D eigenvalue weighted by molar-refractivity contribution is -0.122. The van der Waals surface area contributed by atoms with Gasteiger partial charge in [-0.1, -0.05) is 61.5 Å². The molecule has 11 heteroatoms. The van der Waals surface area contributed by atoms with Gasteiger partial charge >= 0.3 is 0 Å². The lowest BCUT2D eigenvalue weighted by Crippen LogP contribution is -2.48. The van der Waals surface area contributed by atoms with Crippen molar-refractivity contribution in [2.24, 2.45) is 0 Å². The number of carboxylic acid groups (broad SMARTS) is 1. The van der Waals surface area contributed by atoms with E-state index < -0.39 is 22.2 Å². The van der Waals surface area contributed by atoms with Crippen LogP contribution in [0, 0.1) is 6.92 Å². The molecule has 4 N–H and O–H groups in total. The number of nitrogens with zero attached hydrogens (tertiary/aromatic N) is 2. The van der Waals surface area contributed by atoms with Crippen LogP contribution in [0.4, 0.5) is 5.69 Å². The van der Waals surface area contributed by atoms with Crippen molar-refractivity contribution in [2.75, 3.05) is 23.7 Å². The molecule has 2 heterocycles. The number of hydrogen-bond donors (Lipinski definition) is 4. The van der Waals surface area contributed by atoms with Gasteiger partial charge in [-0.05, 0) is 54.2 Å². The van der Waals surface area contributed by atoms with Crippen LogP contribution in [-0.4, -0.2) is 67.1 Å². The van der Waals surface area contributed by atoms with Gasteiger partial charge < -0.3 is 25.4 Å². The Hall–Kier alpha value is -4.19. The molecule has 0 aliphatic carbocycles. The van der Waals surface area contributed by atoms with Crippen molar-refractivity contribution < 1.29 is 28.2 Å². The number of carbonyl (C=O) groups is 2. The first kappa shape index (κ1) is 32.7. The van der Waals surface area contributed by atoms with Gasteiger partial charge in [0, 0.05) is 43.8 Å². The Kier molecular flexibility index (Phi) is 10.8. The summed E-state index contributed by atoms with van der Waals surface area (Å²) in [5.74, 6) is -0.361. The standard InChI is InChI=1S/C32H38N4O4S.CH2O2/c1-4-24-21-36-14-15-41(39,40)35(3)29-18-26(17-27(24)31(29)36)32(38)34-28(16-23-11-6-5-7-12-23)30(37)20-33-19-25-13-9-8-10-22(25)2;2-1-3/h5-13,17-18,21,28,30,33,37H,4,14-16,19-20H2,1-3H3,(H,34,38);1H,(H,2,3)/t28-,30+;/m0./s1. The van der Waals surface area contributed by atoms with Crippen LogP contribution in [0.2, 0.25) is 0 Å². The Balaban J connectivity index is 0.00000141. The van der Waals surface area contributed by atoms with E-state index in [1.54, 1.807) is 13.1 Å². The topological polar surface area (TPSA) is 141 Å². The van der Waals surface area contributed by atoms with Crippen molar-refractivity contribution >= 4 is 39.0 Å². The number of rotatable bonds is 10. The average molecular weight is 621 g/mol. The Labute approximate surface area is 258 Å². The first-order chi connectivity index (χ1) is 21.1. The second-order valence-corrected chi connectivity index (χ2v) is 13.0. The number of aromatic nitrogens is 1. The van der Waals surface area contributed by atoms with E-state index >= 15 is 0 Å². The van der Waals surface area contributed by atoms with E-state index in [-0.39, 0.29) is 18.1 Å². The zero-order valence-corrected chi connectivity index (χ0v) is 26.0. The molecular formula is C33H40N4O6S. The number of aliphatic hydroxyl groups excluding tert-OH is 1. The van der Waals surface area contributed by atoms with Gasteiger partial charge in [-0.2, -0.15) is 0 Å². The van der Waals surface area contributed by atoms with E-state index in [1.807, 2.05) is 66.2 Å². The fraction of sp³-hybridized carbons (Fsp3) is 0.333. The highest BCUT2D eigenvalue weighted by Crippen LogP contribution is 2.35. The predicted octanol–water partition coefficient (Wildman–Crippen LogP) is 3.48. The SMILES string of the molecule is CCc1cn2c3c(cc(C(=O)N[C@@H](Cc4ccccc4)[C@H](O)CNCc4ccccc4C)cc13)N(C)S(=O)(=O)CC2.O=CO. The van der Waals surface area contributed by atoms with Crippen LogP contribution in [0.3, 0.4) is 0 Å². The summed E-state index contributed by atoms with van der Waals surface area (Å²) in [7, 11) is -1.98. The molecule has 1 amide bonds. The van der Waals surface area contributed by atoms with Gasteiger partial charge in [-0.25, -0.2) is 8.42 Å². The minimum atomic E-state index is -3.52. The van der Waals surface area contributed by atoms with E-state index in [9.17, 15) is 18.3 Å². The summed E-state index contributed by atoms with van der Waals surface area (Å²) in [4.78, 5) is 22.1. The highest BCUT2D eigenvalue weighted by atomic mass is 32.2. The Morgan fingerprint density at radius 1 is 1.07 bits per heavy atom. The van der Waals surface area contributed by atoms with Crippen LogP contribution in [0.15, 0.2) is 72.9 Å². The molecule has 1 aliphatic heterocycles. The van der Waals surface area contributed by atoms with Crippen LogP contribution < -0.4 is 14.9 Å². The Morgan fingerprint density at radius 2 is 1.75 bits per heavy atom. The summed E-state index contributed by atoms with van der Waals surface area (Å²) in [5, 5.41) is 25.4. The molecule has 0 bridgehead atoms. The third-order valence-electron chi connectivity index (χ3n) is 8.03. The molecule has 0 saturated carbocycles. The third-order valence-corrected chi connectivity index (χ3v) is 9.76. The lowest BCUT2D eigenvalue weighted by atomic mass is 9.99. The summed E-state index contributed by atoms with van der Waals surface area (Å²) in [6, 6.07) is 20.8. The molecule has 0 fully saturated rings. The number of nitrogens with one attached hydrogen (secondary N) is 2. The van der Waals surface area contributed by atoms with Crippen LogP contribution >= 0.6 is 0 Å². The van der Waals surface area contributed by atoms with Crippen LogP contribution in [0.25, 0.3) is 10.9 Å². The third kappa shape index (κ3) is 7.47. The lowest BCUT2D eigenvalue weighted by Gasteiger charge is -2.25. The van der Waals surface area contributed by atoms with E-state index in [0.717, 1.165) is 34.0 Å². The first-order valence-corrected chi connectivity index (χ1v) is 16.2. The maximum Gasteiger partial charge on any atom is 0.290 e. The molecule has 0 saturated heterocycles. The Bertz CT molecular complexity index is 1700. The highest BCUT2D eigenvalue weighted by Gasteiger charge is 2.29. The zero-order chi connectivity index (χ0) is 31.9. The number of aliphatic hydroxyl groups is 1. The fourth-order valence-corrected chi connectivity index (χ4v) is 6.67. The second-order valence-electron chi connectivity index (χ2n) is 10.9. The summed E-state index contributed by atoms with van der Waals surface area (Å²) >= 11 is 0. The molecule has 2 atom stereocenters. The second kappa shape index (κ2) is 14.5. The number of sulfonamides is 1. The molecule has 10 nitrogen and oxygen atoms in total. The summed E-state index contributed by atoms with van der Waals surface area (Å²) in [6.45, 7) is 5.11. The van der Waals surface area contributed by atoms with Gasteiger partial charge in [0.05, 0.1) is 29.1 Å². The Morgan fingerprint density at radius 3 is 2.43 bits per heavy atom. The quantitative estimate of drug-likeness (QED) is 0.199. The van der Waals surface area contributed by atoms with Crippen molar-refractivity contribution in [2.45, 2.75) is 51.9 Å². The van der Waals surface area contributed by atoms with Crippen LogP contribution in [-0.2, 0) is 40.7 Å². The largest absolute Gasteiger partial charge is 0.483 e. The highest BCUT2D eigenvalue weighted by molar-refractivity contribution is 7.92. The summed E-state index contributed by atoms with van der Waals surface area (Å²) < 4.78 is 29.1. The normalized spacial score (nSPS) is 15.0. The molecule has 5 rings (SSSR count). The molecular weight excluding hydrogens is 580 g/mol. The van der Waals surface area contributed by atoms with Crippen LogP contribution in [0.1, 0.15) is 39.5 Å². The van der Waals surface area contributed by atoms with Crippen molar-refractivity contribution in [3.05, 3.63) is 101 Å². The van der Waals surface area contributed by atoms with E-state index in [0.29, 0.717) is 37.3 Å². The minimum absolute atomic E-state index is 0.00646. The predicted molar refractivity (Wildman–Crippen MR) is 172 cm³/mol. The first-order valence-electron chi connectivity index (χ1n) is 14.6. The number of benzene rings is 3. The average Bonchev–Trinajstić information content (AvgIpc) is 3.34. The number of amides is 1. The number of carbonyl (C=O) groups excluding carboxylic acids is 1. The number of anilines is 1. The van der Waals surface area contributed by atoms with Crippen molar-refractivity contribution in [3.63, 3.8) is 0 Å². The molecule has 4 aromatic rings. The molecule has 1 aliphatic rings. The van der Waals surface area contributed by atoms with E-state index in [2.05, 4.69) is 29.7 Å². The van der Waals surface area contributed by atoms with Gasteiger partial charge in [-0.3, -0.25) is 13.9 Å². The molecule has 0 unspecified atom stereocenters. The van der Waals surface area contributed by atoms with Crippen molar-refractivity contribution in [1.29, 1.82) is 0 Å². The maximum atomic E-state index is 13.8. The van der Waals surface area contributed by atoms with Gasteiger partial charge in [0.25, 0.3) is 12.4 Å². The molecule has 44 heavy (non-hydrogen) atoms.